The number of methoxy groups -OCH3 is 2. The van der Waals surface area contributed by atoms with Gasteiger partial charge in [0, 0.05) is 24.0 Å². The Morgan fingerprint density at radius 3 is 1.85 bits per heavy atom. The molecule has 9 rings (SSSR count). The molecule has 2 aromatic carbocycles. The van der Waals surface area contributed by atoms with E-state index in [1.165, 1.54) is 7.11 Å². The summed E-state index contributed by atoms with van der Waals surface area (Å²) in [5.74, 6) is 3.44. The van der Waals surface area contributed by atoms with Crippen LogP contribution in [-0.2, 0) is 30.1 Å². The quantitative estimate of drug-likeness (QED) is 0.0859. The van der Waals surface area contributed by atoms with Gasteiger partial charge in [0.15, 0.2) is 5.88 Å². The zero-order valence-corrected chi connectivity index (χ0v) is 36.8. The molecule has 0 radical (unpaired) electrons. The van der Waals surface area contributed by atoms with Gasteiger partial charge in [-0.1, -0.05) is 58.0 Å². The number of imidazole rings is 2. The molecule has 6 atom stereocenters. The number of aromatic nitrogens is 4. The molecule has 5 aromatic rings. The van der Waals surface area contributed by atoms with Crippen LogP contribution in [0.4, 0.5) is 4.79 Å². The summed E-state index contributed by atoms with van der Waals surface area (Å²) in [4.78, 5) is 61.5. The number of piperidine rings is 2. The van der Waals surface area contributed by atoms with Crippen LogP contribution in [0.5, 0.6) is 0 Å². The highest BCUT2D eigenvalue weighted by Crippen LogP contribution is 2.54. The largest absolute Gasteiger partial charge is 0.483 e. The van der Waals surface area contributed by atoms with Gasteiger partial charge in [-0.15, -0.1) is 0 Å². The number of carbonyl (C=O) groups is 3. The lowest BCUT2D eigenvalue weighted by atomic mass is 9.93. The van der Waals surface area contributed by atoms with E-state index in [1.807, 2.05) is 56.8 Å². The van der Waals surface area contributed by atoms with Crippen LogP contribution in [0.25, 0.3) is 44.6 Å². The number of nitrogens with zero attached hydrogens (tertiary/aromatic N) is 4. The lowest BCUT2D eigenvalue weighted by Gasteiger charge is -2.40. The molecule has 0 unspecified atom stereocenters. The van der Waals surface area contributed by atoms with Crippen LogP contribution in [-0.4, -0.2) is 87.0 Å². The van der Waals surface area contributed by atoms with Crippen LogP contribution < -0.4 is 10.6 Å². The topological polar surface area (TPSA) is 171 Å². The number of hydrogen-bond acceptors (Lipinski definition) is 9. The van der Waals surface area contributed by atoms with E-state index in [-0.39, 0.29) is 23.7 Å². The fraction of sp³-hybridized carbons (Fsp3) is 0.479. The van der Waals surface area contributed by atoms with Crippen molar-refractivity contribution in [1.82, 2.24) is 40.4 Å². The van der Waals surface area contributed by atoms with E-state index in [4.69, 9.17) is 23.9 Å². The Labute approximate surface area is 362 Å². The average molecular weight is 843 g/mol. The first-order valence-corrected chi connectivity index (χ1v) is 22.0. The Hall–Kier alpha value is -6.05. The standard InChI is InChI=1S/C48H58N8O6/c1-26(2)39(51-29(6)60-7)42(57)55-24-30-15-17-47(55,20-30)44-49-22-37(52-44)33-11-9-32(10-12-33)34-13-14-35(41-36(34)19-28(5)62-41)38-23-50-45(53-38)48-18-16-31(21-48)25-56(48)43(58)40(27(3)4)54-46(59)61-8/h9-14,19,22-23,26-27,30-31,39-40,51H,6,15-18,20-21,24-25H2,1-5,7-8H3,(H,49,52)(H,50,53)(H,54,59)/t30-,31-,39-,40-,47-,48-/m0/s1. The van der Waals surface area contributed by atoms with Crippen molar-refractivity contribution in [1.29, 1.82) is 0 Å². The van der Waals surface area contributed by atoms with Gasteiger partial charge in [0.25, 0.3) is 0 Å². The summed E-state index contributed by atoms with van der Waals surface area (Å²) in [6.07, 6.45) is 8.57. The van der Waals surface area contributed by atoms with Gasteiger partial charge in [0.2, 0.25) is 11.8 Å². The van der Waals surface area contributed by atoms with E-state index in [2.05, 4.69) is 69.6 Å². The van der Waals surface area contributed by atoms with E-state index in [9.17, 15) is 14.4 Å². The van der Waals surface area contributed by atoms with Gasteiger partial charge in [-0.05, 0) is 105 Å². The Bertz CT molecular complexity index is 2540. The molecule has 4 aliphatic rings. The van der Waals surface area contributed by atoms with Gasteiger partial charge in [-0.2, -0.15) is 0 Å². The van der Waals surface area contributed by atoms with Crippen molar-refractivity contribution >= 4 is 28.9 Å². The highest BCUT2D eigenvalue weighted by molar-refractivity contribution is 6.02. The molecule has 14 heteroatoms. The Morgan fingerprint density at radius 2 is 1.31 bits per heavy atom. The molecule has 3 amide bonds. The van der Waals surface area contributed by atoms with Crippen molar-refractivity contribution in [2.45, 2.75) is 96.3 Å². The van der Waals surface area contributed by atoms with Crippen molar-refractivity contribution in [3.8, 4) is 33.6 Å². The van der Waals surface area contributed by atoms with Crippen LogP contribution in [0, 0.1) is 30.6 Å². The third kappa shape index (κ3) is 6.82. The molecule has 2 saturated heterocycles. The number of amides is 3. The minimum absolute atomic E-state index is 0.0438. The summed E-state index contributed by atoms with van der Waals surface area (Å²) in [5.41, 5.74) is 5.39. The molecule has 4 fully saturated rings. The van der Waals surface area contributed by atoms with Gasteiger partial charge in [-0.3, -0.25) is 9.59 Å². The van der Waals surface area contributed by atoms with Crippen LogP contribution in [0.3, 0.4) is 0 Å². The van der Waals surface area contributed by atoms with E-state index < -0.39 is 29.3 Å². The van der Waals surface area contributed by atoms with Crippen LogP contribution in [0.15, 0.2) is 71.7 Å². The number of aromatic amines is 2. The van der Waals surface area contributed by atoms with Gasteiger partial charge >= 0.3 is 6.09 Å². The van der Waals surface area contributed by atoms with Crippen molar-refractivity contribution in [2.75, 3.05) is 27.3 Å². The normalized spacial score (nSPS) is 23.7. The number of rotatable bonds is 13. The van der Waals surface area contributed by atoms with Gasteiger partial charge in [0.05, 0.1) is 38.0 Å². The molecular weight excluding hydrogens is 785 g/mol. The number of likely N-dealkylation sites (tertiary alicyclic amines) is 2. The van der Waals surface area contributed by atoms with Gasteiger partial charge < -0.3 is 44.3 Å². The smallest absolute Gasteiger partial charge is 0.407 e. The van der Waals surface area contributed by atoms with Crippen molar-refractivity contribution < 1.29 is 28.3 Å². The van der Waals surface area contributed by atoms with E-state index in [0.717, 1.165) is 101 Å². The molecule has 3 aromatic heterocycles. The predicted molar refractivity (Wildman–Crippen MR) is 235 cm³/mol. The summed E-state index contributed by atoms with van der Waals surface area (Å²) < 4.78 is 16.5. The number of aryl methyl sites for hydroxylation is 1. The number of hydrogen-bond donors (Lipinski definition) is 4. The third-order valence-corrected chi connectivity index (χ3v) is 14.2. The number of ether oxygens (including phenoxy) is 2. The second-order valence-corrected chi connectivity index (χ2v) is 18.7. The molecule has 2 aliphatic carbocycles. The van der Waals surface area contributed by atoms with Crippen molar-refractivity contribution in [2.24, 2.45) is 23.7 Å². The minimum atomic E-state index is -0.707. The number of furan rings is 1. The van der Waals surface area contributed by atoms with E-state index >= 15 is 0 Å². The third-order valence-electron chi connectivity index (χ3n) is 14.2. The summed E-state index contributed by atoms with van der Waals surface area (Å²) in [6, 6.07) is 13.6. The monoisotopic (exact) mass is 842 g/mol. The maximum Gasteiger partial charge on any atom is 0.407 e. The zero-order valence-electron chi connectivity index (χ0n) is 36.8. The number of nitrogens with one attached hydrogen (secondary N) is 4. The van der Waals surface area contributed by atoms with Crippen LogP contribution >= 0.6 is 0 Å². The van der Waals surface area contributed by atoms with Crippen molar-refractivity contribution in [3.63, 3.8) is 0 Å². The van der Waals surface area contributed by atoms with E-state index in [1.54, 1.807) is 7.11 Å². The minimum Gasteiger partial charge on any atom is -0.483 e. The highest BCUT2D eigenvalue weighted by atomic mass is 16.5. The lowest BCUT2D eigenvalue weighted by molar-refractivity contribution is -0.141. The SMILES string of the molecule is C=C(N[C@H](C(=O)N1C[C@H]2CC[C@@]1(c1ncc(-c3ccc(-c4ccc(-c5cnc([C@@]67CC[C@H](CN6C(=O)[C@@H](NC(=O)OC)C(C)C)C7)[nH]5)c5oc(C)cc45)cc3)[nH]1)C2)C(C)C)OC. The molecule has 4 N–H and O–H groups in total. The summed E-state index contributed by atoms with van der Waals surface area (Å²) >= 11 is 0. The van der Waals surface area contributed by atoms with Gasteiger partial charge in [0.1, 0.15) is 46.2 Å². The summed E-state index contributed by atoms with van der Waals surface area (Å²) in [5, 5.41) is 6.96. The second kappa shape index (κ2) is 15.7. The fourth-order valence-electron chi connectivity index (χ4n) is 10.9. The maximum absolute atomic E-state index is 14.1. The molecule has 326 valence electrons. The Kier molecular flexibility index (Phi) is 10.5. The number of fused-ring (bicyclic) bond motifs is 5. The number of H-pyrrole nitrogens is 2. The average Bonchev–Trinajstić information content (AvgIpc) is 4.13. The fourth-order valence-corrected chi connectivity index (χ4v) is 10.9. The first-order valence-electron chi connectivity index (χ1n) is 22.0. The number of carbonyl (C=O) groups excluding carboxylic acids is 3. The Balaban J connectivity index is 0.965. The molecule has 2 aliphatic heterocycles. The number of benzene rings is 2. The van der Waals surface area contributed by atoms with Crippen LogP contribution in [0.2, 0.25) is 0 Å². The number of alkyl carbamates (subject to hydrolysis) is 1. The molecule has 4 bridgehead atoms. The molecule has 5 heterocycles. The Morgan fingerprint density at radius 1 is 0.774 bits per heavy atom. The van der Waals surface area contributed by atoms with Crippen molar-refractivity contribution in [3.05, 3.63) is 84.7 Å². The zero-order chi connectivity index (χ0) is 43.7. The summed E-state index contributed by atoms with van der Waals surface area (Å²) in [7, 11) is 2.86. The molecule has 62 heavy (non-hydrogen) atoms. The van der Waals surface area contributed by atoms with Gasteiger partial charge in [-0.25, -0.2) is 14.8 Å². The van der Waals surface area contributed by atoms with E-state index in [0.29, 0.717) is 30.8 Å². The molecule has 0 spiro atoms. The maximum atomic E-state index is 14.1. The lowest BCUT2D eigenvalue weighted by Crippen LogP contribution is -2.56. The van der Waals surface area contributed by atoms with Crippen LogP contribution in [0.1, 0.15) is 83.6 Å². The first-order chi connectivity index (χ1) is 29.7. The molecule has 2 saturated carbocycles. The predicted octanol–water partition coefficient (Wildman–Crippen LogP) is 7.98. The molecular formula is C48H58N8O6. The second-order valence-electron chi connectivity index (χ2n) is 18.7. The highest BCUT2D eigenvalue weighted by Gasteiger charge is 2.58. The first kappa shape index (κ1) is 41.3. The molecule has 14 nitrogen and oxygen atoms in total. The summed E-state index contributed by atoms with van der Waals surface area (Å²) in [6.45, 7) is 15.1.